The number of rotatable bonds is 84. The van der Waals surface area contributed by atoms with Crippen molar-refractivity contribution >= 4 is 76.8 Å². The van der Waals surface area contributed by atoms with Crippen LogP contribution in [-0.4, -0.2) is 362 Å². The van der Waals surface area contributed by atoms with Crippen molar-refractivity contribution in [2.24, 2.45) is 16.2 Å². The van der Waals surface area contributed by atoms with E-state index >= 15 is 0 Å². The summed E-state index contributed by atoms with van der Waals surface area (Å²) in [7, 11) is 0. The van der Waals surface area contributed by atoms with E-state index in [1.54, 1.807) is 0 Å². The van der Waals surface area contributed by atoms with E-state index in [0.29, 0.717) is 71.9 Å². The molecule has 0 fully saturated rings. The Labute approximate surface area is 794 Å². The molecule has 0 aliphatic rings. The lowest BCUT2D eigenvalue weighted by Gasteiger charge is -2.37. The Kier molecular flexibility index (Phi) is 98.2. The highest BCUT2D eigenvalue weighted by Gasteiger charge is 2.38. The van der Waals surface area contributed by atoms with Crippen molar-refractivity contribution in [2.45, 2.75) is 25.4 Å². The molecule has 0 saturated carbocycles. The molecule has 0 heterocycles. The lowest BCUT2D eigenvalue weighted by molar-refractivity contribution is -0.142. The van der Waals surface area contributed by atoms with E-state index in [2.05, 4.69) is 174 Å². The highest BCUT2D eigenvalue weighted by Crippen LogP contribution is 2.26. The molecule has 0 aromatic carbocycles. The number of nitrogens with one attached hydrogen (secondary N) is 13. The number of ether oxygens (including phenoxy) is 14. The summed E-state index contributed by atoms with van der Waals surface area (Å²) in [5.41, 5.74) is -2.74. The first-order chi connectivity index (χ1) is 65.0. The molecule has 0 aromatic rings. The second-order valence-corrected chi connectivity index (χ2v) is 27.2. The maximum absolute atomic E-state index is 11.7. The van der Waals surface area contributed by atoms with Gasteiger partial charge in [0, 0.05) is 105 Å². The van der Waals surface area contributed by atoms with E-state index in [0.717, 1.165) is 55.2 Å². The summed E-state index contributed by atoms with van der Waals surface area (Å²) < 4.78 is 82.7. The Hall–Kier alpha value is -12.2. The van der Waals surface area contributed by atoms with Gasteiger partial charge in [-0.15, -0.1) is 0 Å². The summed E-state index contributed by atoms with van der Waals surface area (Å²) >= 11 is 0. The van der Waals surface area contributed by atoms with Crippen LogP contribution in [-0.2, 0) is 129 Å². The molecule has 0 aliphatic heterocycles. The highest BCUT2D eigenvalue weighted by atomic mass is 16.6. The predicted molar refractivity (Wildman–Crippen MR) is 512 cm³/mol. The fourth-order valence-electron chi connectivity index (χ4n) is 9.40. The number of hydrogen-bond acceptors (Lipinski definition) is 30. The van der Waals surface area contributed by atoms with E-state index in [1.165, 1.54) is 42.5 Å². The van der Waals surface area contributed by atoms with Gasteiger partial charge in [0.1, 0.15) is 6.10 Å². The molecule has 764 valence electrons. The summed E-state index contributed by atoms with van der Waals surface area (Å²) in [6.45, 7) is 61.4. The largest absolute Gasteiger partial charge is 0.516 e. The van der Waals surface area contributed by atoms with Crippen molar-refractivity contribution in [1.29, 1.82) is 0 Å². The first kappa shape index (κ1) is 134. The molecule has 43 heteroatoms. The topological polar surface area (TPSA) is 568 Å². The first-order valence-electron chi connectivity index (χ1n) is 42.6. The van der Waals surface area contributed by atoms with Crippen molar-refractivity contribution < 1.29 is 144 Å². The zero-order chi connectivity index (χ0) is 102. The van der Waals surface area contributed by atoms with E-state index < -0.39 is 16.2 Å². The molecule has 0 spiro atoms. The number of aliphatic hydroxyl groups is 3. The molecular weight excluding hydrogens is 1770 g/mol. The van der Waals surface area contributed by atoms with Crippen LogP contribution < -0.4 is 69.1 Å². The average Bonchev–Trinajstić information content (AvgIpc) is 0.853. The average molecular weight is 1920 g/mol. The van der Waals surface area contributed by atoms with E-state index in [4.69, 9.17) is 81.6 Å². The Morgan fingerprint density at radius 3 is 0.459 bits per heavy atom. The molecule has 0 aliphatic carbocycles. The molecule has 0 bridgehead atoms. The van der Waals surface area contributed by atoms with Gasteiger partial charge in [0.05, 0.1) is 194 Å². The van der Waals surface area contributed by atoms with Gasteiger partial charge in [-0.2, -0.15) is 0 Å². The summed E-state index contributed by atoms with van der Waals surface area (Å²) in [4.78, 5) is 149. The molecule has 0 rings (SSSR count). The van der Waals surface area contributed by atoms with Crippen molar-refractivity contribution in [1.82, 2.24) is 69.1 Å². The Balaban J connectivity index is -0.000000468. The van der Waals surface area contributed by atoms with Crippen molar-refractivity contribution in [2.75, 3.05) is 263 Å². The summed E-state index contributed by atoms with van der Waals surface area (Å²) in [6, 6.07) is 0. The van der Waals surface area contributed by atoms with Crippen LogP contribution in [0.4, 0.5) is 0 Å². The zero-order valence-electron chi connectivity index (χ0n) is 78.4. The molecule has 135 heavy (non-hydrogen) atoms. The third-order valence-electron chi connectivity index (χ3n) is 15.9. The number of amides is 13. The molecule has 0 saturated heterocycles. The zero-order valence-corrected chi connectivity index (χ0v) is 78.4. The van der Waals surface area contributed by atoms with Crippen molar-refractivity contribution in [3.63, 3.8) is 0 Å². The van der Waals surface area contributed by atoms with E-state index in [-0.39, 0.29) is 294 Å². The maximum atomic E-state index is 11.7. The fraction of sp³-hybridized carbons (Fsp3) is 0.511. The van der Waals surface area contributed by atoms with Crippen LogP contribution in [0.1, 0.15) is 19.3 Å². The van der Waals surface area contributed by atoms with Crippen LogP contribution in [0.25, 0.3) is 0 Å². The summed E-state index contributed by atoms with van der Waals surface area (Å²) in [5, 5.41) is 56.4. The second-order valence-electron chi connectivity index (χ2n) is 27.2. The Morgan fingerprint density at radius 1 is 0.193 bits per heavy atom. The Morgan fingerprint density at radius 2 is 0.319 bits per heavy atom. The molecule has 0 radical (unpaired) electrons. The number of hydrogen-bond donors (Lipinski definition) is 16. The van der Waals surface area contributed by atoms with Gasteiger partial charge in [-0.3, -0.25) is 62.3 Å². The minimum atomic E-state index is -0.986. The minimum absolute atomic E-state index is 0.0218. The van der Waals surface area contributed by atoms with Crippen LogP contribution in [0, 0.1) is 16.2 Å². The van der Waals surface area contributed by atoms with Gasteiger partial charge in [0.2, 0.25) is 76.8 Å². The molecule has 13 amide bonds. The normalized spacial score (nSPS) is 10.3. The third-order valence-corrected chi connectivity index (χ3v) is 15.9. The SMILES string of the molecule is C=CC(=O)NCCCOCC(COCCCNC(=O)C=C)OCCCNC(=O)C=C.C=CC(=O)NCCOCC(COCCNC(=O)C=C)(COCCNC(=O)C=C)COCC(COCCNC(=O)C=C)(COCCNC(=O)C=C)COCCNC(=O)C=C.C=CC(=O)NCCOCC(COCCNC(=O)C=C)(COCCNC(=O)C=C)COCCNC(=O)C=C.C=CO.C=CO.C=CO. The van der Waals surface area contributed by atoms with Crippen LogP contribution in [0.15, 0.2) is 203 Å². The highest BCUT2D eigenvalue weighted by molar-refractivity contribution is 5.91. The fourth-order valence-corrected chi connectivity index (χ4v) is 9.40. The number of aliphatic hydroxyl groups excluding tert-OH is 3. The van der Waals surface area contributed by atoms with Crippen molar-refractivity contribution in [3.8, 4) is 0 Å². The third kappa shape index (κ3) is 92.0. The molecular formula is C92H151N13O30. The van der Waals surface area contributed by atoms with Gasteiger partial charge in [-0.25, -0.2) is 0 Å². The van der Waals surface area contributed by atoms with Gasteiger partial charge in [0.15, 0.2) is 0 Å². The van der Waals surface area contributed by atoms with Crippen LogP contribution in [0.2, 0.25) is 0 Å². The van der Waals surface area contributed by atoms with Crippen LogP contribution in [0.3, 0.4) is 0 Å². The Bertz CT molecular complexity index is 3020. The van der Waals surface area contributed by atoms with E-state index in [9.17, 15) is 62.3 Å². The first-order valence-corrected chi connectivity index (χ1v) is 42.6. The molecule has 0 atom stereocenters. The minimum Gasteiger partial charge on any atom is -0.516 e. The summed E-state index contributed by atoms with van der Waals surface area (Å²) in [5.74, 6) is -4.07. The van der Waals surface area contributed by atoms with Gasteiger partial charge < -0.3 is 151 Å². The standard InChI is InChI=1S/C40H64N6O13.C25H40N4O8.C21H35N3O6.3C2H4O/c1-7-33(47)41-13-19-53-25-39(26-54-20-14-42-34(48)8-2,27-55-21-15-43-35(49)9-3)31-59-32-40(28-56-22-16-44-36(50)10-4,29-57-23-17-45-37(51)11-5)30-58-24-18-46-38(52)12-6;1-5-21(30)26-9-13-34-17-25(18-35-14-10-27-22(31)6-2,19-36-15-11-28-23(32)7-3)20-37-16-12-29-24(33)8-4;1-4-19(25)22-10-7-13-28-16-18(30-15-9-12-24-21(27)6-3)17-29-14-8-11-23-20(26)5-2;3*1-2-3/h7-12H,1-6,13-32H2,(H,41,47)(H,42,48)(H,43,49)(H,44,50)(H,45,51)(H,46,52);5-8H,1-4,9-20H2,(H,26,30)(H,27,31)(H,28,32)(H,29,33);4-6,18H,1-3,7-17H2,(H,22,25)(H,23,26)(H,24,27);3*2-3H,1H2. The molecule has 0 unspecified atom stereocenters. The van der Waals surface area contributed by atoms with Gasteiger partial charge in [-0.05, 0) is 98.3 Å². The molecule has 43 nitrogen and oxygen atoms in total. The number of carbonyl (C=O) groups excluding carboxylic acids is 13. The van der Waals surface area contributed by atoms with Gasteiger partial charge in [-0.1, -0.05) is 105 Å². The lowest BCUT2D eigenvalue weighted by Crippen LogP contribution is -2.47. The lowest BCUT2D eigenvalue weighted by atomic mass is 9.90. The van der Waals surface area contributed by atoms with E-state index in [1.807, 2.05) is 0 Å². The van der Waals surface area contributed by atoms with Crippen LogP contribution in [0.5, 0.6) is 0 Å². The smallest absolute Gasteiger partial charge is 0.243 e. The van der Waals surface area contributed by atoms with Crippen molar-refractivity contribution in [3.05, 3.63) is 203 Å². The predicted octanol–water partition coefficient (Wildman–Crippen LogP) is 0.682. The van der Waals surface area contributed by atoms with Gasteiger partial charge >= 0.3 is 0 Å². The number of carbonyl (C=O) groups is 13. The molecule has 0 aromatic heterocycles. The van der Waals surface area contributed by atoms with Gasteiger partial charge in [0.25, 0.3) is 0 Å². The quantitative estimate of drug-likeness (QED) is 0.0226. The monoisotopic (exact) mass is 1920 g/mol. The van der Waals surface area contributed by atoms with Crippen LogP contribution >= 0.6 is 0 Å². The summed E-state index contributed by atoms with van der Waals surface area (Å²) in [6.07, 6.45) is 19.2. The maximum Gasteiger partial charge on any atom is 0.243 e. The second kappa shape index (κ2) is 99.3. The molecule has 16 N–H and O–H groups in total.